The number of nitrogens with one attached hydrogen (secondary N) is 1. The van der Waals surface area contributed by atoms with E-state index in [9.17, 15) is 22.0 Å². The summed E-state index contributed by atoms with van der Waals surface area (Å²) in [5.74, 6) is -10.2. The van der Waals surface area contributed by atoms with Gasteiger partial charge in [-0.15, -0.1) is 6.58 Å². The lowest BCUT2D eigenvalue weighted by Gasteiger charge is -2.07. The van der Waals surface area contributed by atoms with Crippen LogP contribution in [0.15, 0.2) is 36.0 Å². The van der Waals surface area contributed by atoms with Crippen LogP contribution >= 0.6 is 0 Å². The van der Waals surface area contributed by atoms with Crippen molar-refractivity contribution in [2.75, 3.05) is 5.43 Å². The van der Waals surface area contributed by atoms with Gasteiger partial charge in [-0.05, 0) is 19.4 Å². The Morgan fingerprint density at radius 3 is 2.21 bits per heavy atom. The van der Waals surface area contributed by atoms with Crippen molar-refractivity contribution < 1.29 is 22.0 Å². The minimum atomic E-state index is -2.22. The third-order valence-corrected chi connectivity index (χ3v) is 4.48. The van der Waals surface area contributed by atoms with Crippen LogP contribution in [0.1, 0.15) is 16.8 Å². The number of hydrogen-bond donors (Lipinski definition) is 1. The van der Waals surface area contributed by atoms with Crippen molar-refractivity contribution in [2.45, 2.75) is 20.4 Å². The Morgan fingerprint density at radius 1 is 1.00 bits per heavy atom. The van der Waals surface area contributed by atoms with Crippen LogP contribution in [0, 0.1) is 42.9 Å². The standard InChI is InChI=1S/C20H16F5N3/c1-4-8-28-11(3)13(12-7-5-6-10(2)20(12)28)9-26-27-19-17(24)15(22)14(21)16(23)18(19)25/h4-7,9,27H,1,8H2,2-3H3/b26-9+. The number of hydrazone groups is 1. The normalized spacial score (nSPS) is 11.5. The second kappa shape index (κ2) is 7.46. The van der Waals surface area contributed by atoms with Gasteiger partial charge in [0, 0.05) is 23.2 Å². The molecule has 1 heterocycles. The molecule has 1 aromatic heterocycles. The van der Waals surface area contributed by atoms with Crippen LogP contribution in [0.3, 0.4) is 0 Å². The van der Waals surface area contributed by atoms with Crippen LogP contribution in [0.5, 0.6) is 0 Å². The summed E-state index contributed by atoms with van der Waals surface area (Å²) >= 11 is 0. The molecule has 2 aromatic carbocycles. The first-order valence-corrected chi connectivity index (χ1v) is 8.29. The lowest BCUT2D eigenvalue weighted by atomic mass is 10.1. The molecule has 3 rings (SSSR count). The van der Waals surface area contributed by atoms with E-state index in [2.05, 4.69) is 11.7 Å². The van der Waals surface area contributed by atoms with Gasteiger partial charge in [0.1, 0.15) is 5.69 Å². The van der Waals surface area contributed by atoms with E-state index in [1.165, 1.54) is 6.21 Å². The van der Waals surface area contributed by atoms with Crippen molar-refractivity contribution in [2.24, 2.45) is 5.10 Å². The number of allylic oxidation sites excluding steroid dienone is 1. The molecule has 0 bridgehead atoms. The summed E-state index contributed by atoms with van der Waals surface area (Å²) in [7, 11) is 0. The number of rotatable bonds is 5. The Labute approximate surface area is 157 Å². The van der Waals surface area contributed by atoms with E-state index < -0.39 is 34.8 Å². The Bertz CT molecular complexity index is 1090. The van der Waals surface area contributed by atoms with E-state index in [-0.39, 0.29) is 0 Å². The summed E-state index contributed by atoms with van der Waals surface area (Å²) in [6.07, 6.45) is 3.02. The molecule has 0 aliphatic rings. The summed E-state index contributed by atoms with van der Waals surface area (Å²) in [5.41, 5.74) is 4.13. The van der Waals surface area contributed by atoms with E-state index in [4.69, 9.17) is 0 Å². The first-order chi connectivity index (χ1) is 13.3. The topological polar surface area (TPSA) is 29.3 Å². The first kappa shape index (κ1) is 19.6. The smallest absolute Gasteiger partial charge is 0.200 e. The molecule has 0 fully saturated rings. The van der Waals surface area contributed by atoms with Gasteiger partial charge in [-0.25, -0.2) is 22.0 Å². The molecule has 0 atom stereocenters. The monoisotopic (exact) mass is 393 g/mol. The van der Waals surface area contributed by atoms with E-state index in [0.29, 0.717) is 12.1 Å². The number of para-hydroxylation sites is 1. The van der Waals surface area contributed by atoms with Crippen LogP contribution in [-0.2, 0) is 6.54 Å². The van der Waals surface area contributed by atoms with Gasteiger partial charge < -0.3 is 4.57 Å². The zero-order valence-electron chi connectivity index (χ0n) is 15.1. The number of benzene rings is 2. The third kappa shape index (κ3) is 3.04. The molecule has 3 aromatic rings. The van der Waals surface area contributed by atoms with Crippen LogP contribution in [0.2, 0.25) is 0 Å². The van der Waals surface area contributed by atoms with Gasteiger partial charge in [-0.2, -0.15) is 5.10 Å². The SMILES string of the molecule is C=CCn1c(C)c(/C=N/Nc2c(F)c(F)c(F)c(F)c2F)c2cccc(C)c21. The van der Waals surface area contributed by atoms with Crippen molar-refractivity contribution in [3.8, 4) is 0 Å². The average molecular weight is 393 g/mol. The number of nitrogens with zero attached hydrogens (tertiary/aromatic N) is 2. The molecule has 0 radical (unpaired) electrons. The summed E-state index contributed by atoms with van der Waals surface area (Å²) in [6.45, 7) is 8.05. The Kier molecular flexibility index (Phi) is 5.22. The molecule has 0 spiro atoms. The van der Waals surface area contributed by atoms with Crippen LogP contribution in [0.4, 0.5) is 27.6 Å². The van der Waals surface area contributed by atoms with Crippen molar-refractivity contribution in [1.82, 2.24) is 4.57 Å². The van der Waals surface area contributed by atoms with Gasteiger partial charge in [-0.3, -0.25) is 5.43 Å². The maximum absolute atomic E-state index is 13.7. The molecular formula is C20H16F5N3. The molecule has 0 unspecified atom stereocenters. The summed E-state index contributed by atoms with van der Waals surface area (Å²) in [5, 5.41) is 4.55. The van der Waals surface area contributed by atoms with E-state index in [1.54, 1.807) is 6.08 Å². The van der Waals surface area contributed by atoms with E-state index >= 15 is 0 Å². The van der Waals surface area contributed by atoms with Crippen molar-refractivity contribution in [3.05, 3.63) is 76.8 Å². The molecule has 28 heavy (non-hydrogen) atoms. The van der Waals surface area contributed by atoms with Crippen LogP contribution < -0.4 is 5.43 Å². The van der Waals surface area contributed by atoms with E-state index in [1.807, 2.05) is 42.0 Å². The lowest BCUT2D eigenvalue weighted by Crippen LogP contribution is -2.06. The summed E-state index contributed by atoms with van der Waals surface area (Å²) in [6, 6.07) is 5.65. The maximum atomic E-state index is 13.7. The molecule has 1 N–H and O–H groups in total. The fourth-order valence-electron chi connectivity index (χ4n) is 3.13. The molecule has 0 aliphatic carbocycles. The number of fused-ring (bicyclic) bond motifs is 1. The van der Waals surface area contributed by atoms with Crippen molar-refractivity contribution in [1.29, 1.82) is 0 Å². The van der Waals surface area contributed by atoms with Crippen molar-refractivity contribution >= 4 is 22.8 Å². The average Bonchev–Trinajstić information content (AvgIpc) is 2.94. The summed E-state index contributed by atoms with van der Waals surface area (Å²) in [4.78, 5) is 0. The van der Waals surface area contributed by atoms with Gasteiger partial charge in [0.05, 0.1) is 11.7 Å². The molecule has 0 aliphatic heterocycles. The zero-order chi connectivity index (χ0) is 20.6. The van der Waals surface area contributed by atoms with E-state index in [0.717, 1.165) is 22.2 Å². The molecule has 0 saturated carbocycles. The highest BCUT2D eigenvalue weighted by Crippen LogP contribution is 2.29. The van der Waals surface area contributed by atoms with Crippen LogP contribution in [-0.4, -0.2) is 10.8 Å². The van der Waals surface area contributed by atoms with Crippen LogP contribution in [0.25, 0.3) is 10.9 Å². The molecule has 3 nitrogen and oxygen atoms in total. The predicted octanol–water partition coefficient (Wildman–Crippen LogP) is 5.59. The number of hydrogen-bond acceptors (Lipinski definition) is 2. The van der Waals surface area contributed by atoms with Gasteiger partial charge in [0.15, 0.2) is 23.3 Å². The maximum Gasteiger partial charge on any atom is 0.200 e. The zero-order valence-corrected chi connectivity index (χ0v) is 15.1. The van der Waals surface area contributed by atoms with Gasteiger partial charge in [0.25, 0.3) is 0 Å². The Hall–Kier alpha value is -3.16. The predicted molar refractivity (Wildman–Crippen MR) is 99.1 cm³/mol. The highest BCUT2D eigenvalue weighted by molar-refractivity contribution is 6.02. The summed E-state index contributed by atoms with van der Waals surface area (Å²) < 4.78 is 69.2. The number of anilines is 1. The first-order valence-electron chi connectivity index (χ1n) is 8.29. The van der Waals surface area contributed by atoms with Gasteiger partial charge in [0.2, 0.25) is 5.82 Å². The quantitative estimate of drug-likeness (QED) is 0.150. The number of aromatic nitrogens is 1. The highest BCUT2D eigenvalue weighted by Gasteiger charge is 2.25. The van der Waals surface area contributed by atoms with Gasteiger partial charge in [-0.1, -0.05) is 24.3 Å². The Morgan fingerprint density at radius 2 is 1.61 bits per heavy atom. The Balaban J connectivity index is 2.06. The van der Waals surface area contributed by atoms with Gasteiger partial charge >= 0.3 is 0 Å². The molecule has 8 heteroatoms. The fourth-order valence-corrected chi connectivity index (χ4v) is 3.13. The minimum absolute atomic E-state index is 0.534. The fraction of sp³-hybridized carbons (Fsp3) is 0.150. The second-order valence-corrected chi connectivity index (χ2v) is 6.18. The number of aryl methyl sites for hydroxylation is 1. The largest absolute Gasteiger partial charge is 0.340 e. The molecule has 146 valence electrons. The molecule has 0 amide bonds. The minimum Gasteiger partial charge on any atom is -0.340 e. The molecule has 0 saturated heterocycles. The second-order valence-electron chi connectivity index (χ2n) is 6.18. The number of halogens is 5. The lowest BCUT2D eigenvalue weighted by molar-refractivity contribution is 0.381. The third-order valence-electron chi connectivity index (χ3n) is 4.48. The van der Waals surface area contributed by atoms with Crippen molar-refractivity contribution in [3.63, 3.8) is 0 Å². The molecular weight excluding hydrogens is 377 g/mol. The highest BCUT2D eigenvalue weighted by atomic mass is 19.2.